The smallest absolute Gasteiger partial charge is 0.260 e. The molecule has 146 valence electrons. The maximum absolute atomic E-state index is 12.1. The number of rotatable bonds is 8. The van der Waals surface area contributed by atoms with E-state index in [4.69, 9.17) is 9.47 Å². The van der Waals surface area contributed by atoms with Crippen molar-refractivity contribution in [1.82, 2.24) is 5.32 Å². The van der Waals surface area contributed by atoms with Gasteiger partial charge in [-0.1, -0.05) is 51.1 Å². The lowest BCUT2D eigenvalue weighted by Gasteiger charge is -2.20. The third-order valence-corrected chi connectivity index (χ3v) is 4.10. The van der Waals surface area contributed by atoms with Crippen molar-refractivity contribution < 1.29 is 19.4 Å². The van der Waals surface area contributed by atoms with Crippen molar-refractivity contribution in [1.29, 1.82) is 0 Å². The predicted molar refractivity (Wildman–Crippen MR) is 106 cm³/mol. The summed E-state index contributed by atoms with van der Waals surface area (Å²) in [6, 6.07) is 17.0. The molecule has 1 amide bonds. The average molecular weight is 371 g/mol. The number of hydrogen-bond donors (Lipinski definition) is 2. The highest BCUT2D eigenvalue weighted by Gasteiger charge is 2.16. The predicted octanol–water partition coefficient (Wildman–Crippen LogP) is 3.31. The van der Waals surface area contributed by atoms with Crippen molar-refractivity contribution in [3.8, 4) is 11.5 Å². The lowest BCUT2D eigenvalue weighted by Crippen LogP contribution is -2.41. The Morgan fingerprint density at radius 1 is 1.04 bits per heavy atom. The van der Waals surface area contributed by atoms with Gasteiger partial charge in [0.05, 0.1) is 0 Å². The second kappa shape index (κ2) is 9.42. The molecular formula is C22H29NO4. The van der Waals surface area contributed by atoms with Crippen LogP contribution in [0.4, 0.5) is 0 Å². The topological polar surface area (TPSA) is 67.8 Å². The molecule has 0 fully saturated rings. The highest BCUT2D eigenvalue weighted by molar-refractivity contribution is 5.80. The molecule has 0 aliphatic heterocycles. The van der Waals surface area contributed by atoms with E-state index in [9.17, 15) is 9.90 Å². The second-order valence-corrected chi connectivity index (χ2v) is 7.56. The maximum Gasteiger partial charge on any atom is 0.260 e. The molecule has 0 saturated carbocycles. The number of carbonyl (C=O) groups is 1. The van der Waals surface area contributed by atoms with Crippen molar-refractivity contribution in [3.63, 3.8) is 0 Å². The fourth-order valence-corrected chi connectivity index (χ4v) is 2.42. The van der Waals surface area contributed by atoms with Gasteiger partial charge in [0, 0.05) is 6.54 Å². The Morgan fingerprint density at radius 2 is 1.67 bits per heavy atom. The van der Waals surface area contributed by atoms with Crippen molar-refractivity contribution in [2.75, 3.05) is 13.2 Å². The quantitative estimate of drug-likeness (QED) is 0.747. The van der Waals surface area contributed by atoms with Gasteiger partial charge in [-0.3, -0.25) is 4.79 Å². The van der Waals surface area contributed by atoms with E-state index in [1.807, 2.05) is 42.5 Å². The fourth-order valence-electron chi connectivity index (χ4n) is 2.42. The van der Waals surface area contributed by atoms with Gasteiger partial charge in [0.15, 0.2) is 6.10 Å². The highest BCUT2D eigenvalue weighted by Crippen LogP contribution is 2.24. The first-order chi connectivity index (χ1) is 12.8. The molecule has 0 aliphatic rings. The van der Waals surface area contributed by atoms with Crippen molar-refractivity contribution >= 4 is 5.91 Å². The van der Waals surface area contributed by atoms with Gasteiger partial charge < -0.3 is 19.9 Å². The first kappa shape index (κ1) is 20.8. The molecule has 5 heteroatoms. The van der Waals surface area contributed by atoms with Crippen molar-refractivity contribution in [2.24, 2.45) is 0 Å². The van der Waals surface area contributed by atoms with Gasteiger partial charge in [-0.05, 0) is 42.2 Å². The van der Waals surface area contributed by atoms with Crippen molar-refractivity contribution in [2.45, 2.75) is 45.3 Å². The molecule has 2 aromatic carbocycles. The Labute approximate surface area is 161 Å². The van der Waals surface area contributed by atoms with E-state index in [0.717, 1.165) is 0 Å². The van der Waals surface area contributed by atoms with Gasteiger partial charge in [-0.15, -0.1) is 0 Å². The second-order valence-electron chi connectivity index (χ2n) is 7.56. The molecule has 0 saturated heterocycles. The normalized spacial score (nSPS) is 13.5. The molecule has 0 radical (unpaired) electrons. The van der Waals surface area contributed by atoms with E-state index in [2.05, 4.69) is 26.1 Å². The zero-order chi connectivity index (χ0) is 19.9. The number of amides is 1. The van der Waals surface area contributed by atoms with Crippen LogP contribution in [0.3, 0.4) is 0 Å². The molecule has 0 spiro atoms. The third kappa shape index (κ3) is 6.94. The largest absolute Gasteiger partial charge is 0.491 e. The van der Waals surface area contributed by atoms with Gasteiger partial charge >= 0.3 is 0 Å². The van der Waals surface area contributed by atoms with Gasteiger partial charge in [-0.25, -0.2) is 0 Å². The summed E-state index contributed by atoms with van der Waals surface area (Å²) in [6.45, 7) is 8.32. The van der Waals surface area contributed by atoms with E-state index >= 15 is 0 Å². The highest BCUT2D eigenvalue weighted by atomic mass is 16.5. The van der Waals surface area contributed by atoms with E-state index < -0.39 is 12.2 Å². The molecule has 0 bridgehead atoms. The van der Waals surface area contributed by atoms with Crippen LogP contribution in [0.25, 0.3) is 0 Å². The molecule has 0 unspecified atom stereocenters. The van der Waals surface area contributed by atoms with Crippen LogP contribution < -0.4 is 14.8 Å². The molecule has 0 aromatic heterocycles. The standard InChI is InChI=1S/C22H29NO4/c1-16(27-20-8-6-5-7-9-20)21(25)23-14-18(24)15-26-19-12-10-17(11-13-19)22(2,3)4/h5-13,16,18,24H,14-15H2,1-4H3,(H,23,25)/t16-,18+/m1/s1. The van der Waals surface area contributed by atoms with Crippen LogP contribution in [0.15, 0.2) is 54.6 Å². The Kier molecular flexibility index (Phi) is 7.25. The monoisotopic (exact) mass is 371 g/mol. The summed E-state index contributed by atoms with van der Waals surface area (Å²) in [5.74, 6) is 1.03. The first-order valence-electron chi connectivity index (χ1n) is 9.16. The van der Waals surface area contributed by atoms with E-state index in [-0.39, 0.29) is 24.5 Å². The van der Waals surface area contributed by atoms with Gasteiger partial charge in [0.2, 0.25) is 0 Å². The first-order valence-corrected chi connectivity index (χ1v) is 9.16. The van der Waals surface area contributed by atoms with Crippen LogP contribution in [0.1, 0.15) is 33.3 Å². The lowest BCUT2D eigenvalue weighted by atomic mass is 9.87. The molecule has 2 N–H and O–H groups in total. The summed E-state index contributed by atoms with van der Waals surface area (Å²) in [5.41, 5.74) is 1.30. The van der Waals surface area contributed by atoms with Crippen LogP contribution in [0.2, 0.25) is 0 Å². The van der Waals surface area contributed by atoms with Crippen molar-refractivity contribution in [3.05, 3.63) is 60.2 Å². The van der Waals surface area contributed by atoms with Crippen LogP contribution in [-0.4, -0.2) is 36.4 Å². The number of hydrogen-bond acceptors (Lipinski definition) is 4. The zero-order valence-corrected chi connectivity index (χ0v) is 16.4. The van der Waals surface area contributed by atoms with Gasteiger partial charge in [0.1, 0.15) is 24.2 Å². The Morgan fingerprint density at radius 3 is 2.26 bits per heavy atom. The summed E-state index contributed by atoms with van der Waals surface area (Å²) >= 11 is 0. The minimum Gasteiger partial charge on any atom is -0.491 e. The number of para-hydroxylation sites is 1. The molecule has 5 nitrogen and oxygen atoms in total. The van der Waals surface area contributed by atoms with Gasteiger partial charge in [-0.2, -0.15) is 0 Å². The Bertz CT molecular complexity index is 707. The maximum atomic E-state index is 12.1. The number of aliphatic hydroxyl groups is 1. The number of nitrogens with one attached hydrogen (secondary N) is 1. The number of ether oxygens (including phenoxy) is 2. The Hall–Kier alpha value is -2.53. The summed E-state index contributed by atoms with van der Waals surface area (Å²) < 4.78 is 11.1. The van der Waals surface area contributed by atoms with E-state index in [1.54, 1.807) is 19.1 Å². The average Bonchev–Trinajstić information content (AvgIpc) is 2.64. The van der Waals surface area contributed by atoms with Crippen LogP contribution in [0.5, 0.6) is 11.5 Å². The van der Waals surface area contributed by atoms with E-state index in [0.29, 0.717) is 11.5 Å². The van der Waals surface area contributed by atoms with Crippen LogP contribution >= 0.6 is 0 Å². The lowest BCUT2D eigenvalue weighted by molar-refractivity contribution is -0.127. The number of carbonyl (C=O) groups excluding carboxylic acids is 1. The summed E-state index contributed by atoms with van der Waals surface area (Å²) in [4.78, 5) is 12.1. The number of benzene rings is 2. The van der Waals surface area contributed by atoms with Gasteiger partial charge in [0.25, 0.3) is 5.91 Å². The molecule has 2 rings (SSSR count). The minimum absolute atomic E-state index is 0.0842. The zero-order valence-electron chi connectivity index (χ0n) is 16.4. The SMILES string of the molecule is C[C@@H](Oc1ccccc1)C(=O)NC[C@H](O)COc1ccc(C(C)(C)C)cc1. The Balaban J connectivity index is 1.72. The molecule has 0 aliphatic carbocycles. The molecule has 2 atom stereocenters. The molecule has 2 aromatic rings. The van der Waals surface area contributed by atoms with Crippen LogP contribution in [0, 0.1) is 0 Å². The third-order valence-electron chi connectivity index (χ3n) is 4.10. The number of aliphatic hydroxyl groups excluding tert-OH is 1. The van der Waals surface area contributed by atoms with Crippen LogP contribution in [-0.2, 0) is 10.2 Å². The summed E-state index contributed by atoms with van der Waals surface area (Å²) in [6.07, 6.45) is -1.45. The molecular weight excluding hydrogens is 342 g/mol. The van der Waals surface area contributed by atoms with E-state index in [1.165, 1.54) is 5.56 Å². The molecule has 27 heavy (non-hydrogen) atoms. The summed E-state index contributed by atoms with van der Waals surface area (Å²) in [7, 11) is 0. The summed E-state index contributed by atoms with van der Waals surface area (Å²) in [5, 5.41) is 12.7. The minimum atomic E-state index is -0.805. The fraction of sp³-hybridized carbons (Fsp3) is 0.409. The molecule has 0 heterocycles.